The quantitative estimate of drug-likeness (QED) is 0.835. The molecular formula is C14H23NO2S. The molecule has 0 aromatic rings. The van der Waals surface area contributed by atoms with Gasteiger partial charge in [0.2, 0.25) is 0 Å². The van der Waals surface area contributed by atoms with Crippen LogP contribution in [-0.2, 0) is 9.84 Å². The van der Waals surface area contributed by atoms with Gasteiger partial charge in [-0.1, -0.05) is 26.8 Å². The van der Waals surface area contributed by atoms with Gasteiger partial charge in [0, 0.05) is 17.5 Å². The maximum atomic E-state index is 11.5. The van der Waals surface area contributed by atoms with Crippen LogP contribution in [0.15, 0.2) is 11.5 Å². The van der Waals surface area contributed by atoms with Gasteiger partial charge in [-0.15, -0.1) is 0 Å². The number of rotatable bonds is 2. The van der Waals surface area contributed by atoms with Gasteiger partial charge >= 0.3 is 0 Å². The van der Waals surface area contributed by atoms with Gasteiger partial charge in [0.05, 0.1) is 5.75 Å². The maximum absolute atomic E-state index is 11.5. The van der Waals surface area contributed by atoms with Gasteiger partial charge in [0.25, 0.3) is 0 Å². The minimum atomic E-state index is -2.95. The van der Waals surface area contributed by atoms with Gasteiger partial charge in [-0.3, -0.25) is 0 Å². The van der Waals surface area contributed by atoms with Gasteiger partial charge in [-0.2, -0.15) is 0 Å². The van der Waals surface area contributed by atoms with Gasteiger partial charge in [-0.25, -0.2) is 8.42 Å². The van der Waals surface area contributed by atoms with Gasteiger partial charge in [-0.05, 0) is 36.0 Å². The van der Waals surface area contributed by atoms with Crippen molar-refractivity contribution in [2.75, 3.05) is 5.75 Å². The van der Waals surface area contributed by atoms with E-state index in [0.717, 1.165) is 5.92 Å². The highest BCUT2D eigenvalue weighted by molar-refractivity contribution is 7.94. The molecule has 1 N–H and O–H groups in total. The van der Waals surface area contributed by atoms with Gasteiger partial charge in [0.15, 0.2) is 9.84 Å². The van der Waals surface area contributed by atoms with Gasteiger partial charge in [0.1, 0.15) is 0 Å². The fourth-order valence-electron chi connectivity index (χ4n) is 4.61. The number of hydrogen-bond acceptors (Lipinski definition) is 3. The van der Waals surface area contributed by atoms with Crippen molar-refractivity contribution >= 4 is 9.84 Å². The highest BCUT2D eigenvalue weighted by Gasteiger charge is 2.59. The van der Waals surface area contributed by atoms with Crippen LogP contribution in [0.5, 0.6) is 0 Å². The maximum Gasteiger partial charge on any atom is 0.173 e. The molecular weight excluding hydrogens is 246 g/mol. The molecule has 2 fully saturated rings. The summed E-state index contributed by atoms with van der Waals surface area (Å²) in [4.78, 5) is 0. The minimum absolute atomic E-state index is 0.00968. The monoisotopic (exact) mass is 269 g/mol. The van der Waals surface area contributed by atoms with Crippen LogP contribution in [0.4, 0.5) is 0 Å². The van der Waals surface area contributed by atoms with E-state index < -0.39 is 9.84 Å². The summed E-state index contributed by atoms with van der Waals surface area (Å²) in [5, 5.41) is 5.00. The van der Waals surface area contributed by atoms with E-state index >= 15 is 0 Å². The van der Waals surface area contributed by atoms with Crippen LogP contribution in [0, 0.1) is 16.7 Å². The van der Waals surface area contributed by atoms with Crippen molar-refractivity contribution in [3.63, 3.8) is 0 Å². The second kappa shape index (κ2) is 3.60. The number of sulfone groups is 1. The Balaban J connectivity index is 1.79. The first-order valence-corrected chi connectivity index (χ1v) is 8.62. The van der Waals surface area contributed by atoms with E-state index in [9.17, 15) is 8.42 Å². The summed E-state index contributed by atoms with van der Waals surface area (Å²) in [7, 11) is -2.95. The SMILES string of the molecule is CC12CCC(C1)C(C)(C)C2NC1C=CS(=O)(=O)C1. The summed E-state index contributed by atoms with van der Waals surface area (Å²) in [6.07, 6.45) is 5.73. The smallest absolute Gasteiger partial charge is 0.173 e. The van der Waals surface area contributed by atoms with Crippen LogP contribution in [-0.4, -0.2) is 26.3 Å². The van der Waals surface area contributed by atoms with Gasteiger partial charge < -0.3 is 5.32 Å². The second-order valence-corrected chi connectivity index (χ2v) is 9.21. The zero-order chi connectivity index (χ0) is 13.2. The van der Waals surface area contributed by atoms with Crippen LogP contribution in [0.3, 0.4) is 0 Å². The summed E-state index contributed by atoms with van der Waals surface area (Å²) in [6.45, 7) is 7.05. The molecule has 1 heterocycles. The summed E-state index contributed by atoms with van der Waals surface area (Å²) in [5.74, 6) is 1.03. The Morgan fingerprint density at radius 2 is 2.00 bits per heavy atom. The molecule has 2 bridgehead atoms. The Hall–Kier alpha value is -0.350. The lowest BCUT2D eigenvalue weighted by Gasteiger charge is -2.44. The Bertz CT molecular complexity index is 489. The highest BCUT2D eigenvalue weighted by atomic mass is 32.2. The van der Waals surface area contributed by atoms with Crippen LogP contribution in [0.1, 0.15) is 40.0 Å². The van der Waals surface area contributed by atoms with E-state index in [4.69, 9.17) is 0 Å². The van der Waals surface area contributed by atoms with E-state index in [2.05, 4.69) is 26.1 Å². The van der Waals surface area contributed by atoms with Crippen molar-refractivity contribution in [3.05, 3.63) is 11.5 Å². The molecule has 0 aromatic heterocycles. The van der Waals surface area contributed by atoms with Crippen LogP contribution in [0.25, 0.3) is 0 Å². The van der Waals surface area contributed by atoms with E-state index in [-0.39, 0.29) is 17.2 Å². The third kappa shape index (κ3) is 1.76. The van der Waals surface area contributed by atoms with E-state index in [0.29, 0.717) is 11.5 Å². The molecule has 0 amide bonds. The summed E-state index contributed by atoms with van der Waals surface area (Å²) in [6, 6.07) is 0.446. The molecule has 1 aliphatic heterocycles. The fourth-order valence-corrected chi connectivity index (χ4v) is 5.86. The lowest BCUT2D eigenvalue weighted by molar-refractivity contribution is 0.105. The molecule has 3 aliphatic rings. The molecule has 2 saturated carbocycles. The number of nitrogens with one attached hydrogen (secondary N) is 1. The van der Waals surface area contributed by atoms with Crippen molar-refractivity contribution in [1.29, 1.82) is 0 Å². The number of fused-ring (bicyclic) bond motifs is 2. The Labute approximate surface area is 110 Å². The molecule has 0 spiro atoms. The third-order valence-electron chi connectivity index (χ3n) is 5.58. The summed E-state index contributed by atoms with van der Waals surface area (Å²) < 4.78 is 23.0. The first-order chi connectivity index (χ1) is 8.23. The fraction of sp³-hybridized carbons (Fsp3) is 0.857. The van der Waals surface area contributed by atoms with Crippen molar-refractivity contribution in [3.8, 4) is 0 Å². The summed E-state index contributed by atoms with van der Waals surface area (Å²) >= 11 is 0. The van der Waals surface area contributed by atoms with Crippen molar-refractivity contribution < 1.29 is 8.42 Å². The summed E-state index contributed by atoms with van der Waals surface area (Å²) in [5.41, 5.74) is 0.640. The average molecular weight is 269 g/mol. The van der Waals surface area contributed by atoms with Crippen LogP contribution >= 0.6 is 0 Å². The number of hydrogen-bond donors (Lipinski definition) is 1. The Morgan fingerprint density at radius 3 is 2.50 bits per heavy atom. The normalized spacial score (nSPS) is 47.8. The Morgan fingerprint density at radius 1 is 1.28 bits per heavy atom. The molecule has 4 heteroatoms. The van der Waals surface area contributed by atoms with E-state index in [1.165, 1.54) is 24.7 Å². The molecule has 18 heavy (non-hydrogen) atoms. The molecule has 4 unspecified atom stereocenters. The lowest BCUT2D eigenvalue weighted by atomic mass is 9.68. The second-order valence-electron chi connectivity index (χ2n) is 7.28. The minimum Gasteiger partial charge on any atom is -0.306 e. The highest BCUT2D eigenvalue weighted by Crippen LogP contribution is 2.62. The molecule has 2 aliphatic carbocycles. The predicted octanol–water partition coefficient (Wildman–Crippen LogP) is 2.10. The van der Waals surface area contributed by atoms with E-state index in [1.807, 2.05) is 6.08 Å². The van der Waals surface area contributed by atoms with Crippen molar-refractivity contribution in [1.82, 2.24) is 5.32 Å². The lowest BCUT2D eigenvalue weighted by Crippen LogP contribution is -2.53. The first kappa shape index (κ1) is 12.7. The standard InChI is InChI=1S/C14H23NO2S/c1-13(2)10-4-6-14(3,8-10)12(13)15-11-5-7-18(16,17)9-11/h5,7,10-12,15H,4,6,8-9H2,1-3H3. The molecule has 4 atom stereocenters. The molecule has 0 radical (unpaired) electrons. The Kier molecular flexibility index (Phi) is 2.54. The van der Waals surface area contributed by atoms with Crippen LogP contribution in [0.2, 0.25) is 0 Å². The van der Waals surface area contributed by atoms with Crippen molar-refractivity contribution in [2.45, 2.75) is 52.1 Å². The zero-order valence-electron chi connectivity index (χ0n) is 11.4. The zero-order valence-corrected chi connectivity index (χ0v) is 12.3. The largest absolute Gasteiger partial charge is 0.306 e. The topological polar surface area (TPSA) is 46.2 Å². The van der Waals surface area contributed by atoms with Crippen LogP contribution < -0.4 is 5.32 Å². The van der Waals surface area contributed by atoms with Crippen molar-refractivity contribution in [2.24, 2.45) is 16.7 Å². The van der Waals surface area contributed by atoms with E-state index in [1.54, 1.807) is 0 Å². The third-order valence-corrected chi connectivity index (χ3v) is 6.98. The molecule has 0 saturated heterocycles. The molecule has 0 aromatic carbocycles. The predicted molar refractivity (Wildman–Crippen MR) is 72.9 cm³/mol. The first-order valence-electron chi connectivity index (χ1n) is 6.90. The molecule has 3 rings (SSSR count). The molecule has 102 valence electrons. The average Bonchev–Trinajstić information content (AvgIpc) is 2.83. The molecule has 3 nitrogen and oxygen atoms in total.